The highest BCUT2D eigenvalue weighted by atomic mass is 16.2. The van der Waals surface area contributed by atoms with E-state index in [4.69, 9.17) is 0 Å². The van der Waals surface area contributed by atoms with Gasteiger partial charge in [-0.1, -0.05) is 18.2 Å². The molecule has 128 valence electrons. The quantitative estimate of drug-likeness (QED) is 0.701. The van der Waals surface area contributed by atoms with E-state index in [1.165, 1.54) is 10.6 Å². The number of carbonyl (C=O) groups excluding carboxylic acids is 1. The maximum Gasteiger partial charge on any atom is 0.255 e. The lowest BCUT2D eigenvalue weighted by Gasteiger charge is -2.09. The molecular formula is C19H20N4O2. The first-order valence-corrected chi connectivity index (χ1v) is 8.19. The lowest BCUT2D eigenvalue weighted by atomic mass is 10.2. The summed E-state index contributed by atoms with van der Waals surface area (Å²) >= 11 is 0. The van der Waals surface area contributed by atoms with Gasteiger partial charge in [0.1, 0.15) is 5.82 Å². The molecule has 3 aromatic rings. The van der Waals surface area contributed by atoms with Crippen molar-refractivity contribution in [1.29, 1.82) is 0 Å². The van der Waals surface area contributed by atoms with Crippen LogP contribution in [-0.4, -0.2) is 26.6 Å². The van der Waals surface area contributed by atoms with Gasteiger partial charge in [-0.15, -0.1) is 0 Å². The summed E-state index contributed by atoms with van der Waals surface area (Å²) in [5.74, 6) is 0.772. The fourth-order valence-corrected chi connectivity index (χ4v) is 2.61. The predicted octanol–water partition coefficient (Wildman–Crippen LogP) is 2.16. The van der Waals surface area contributed by atoms with Crippen molar-refractivity contribution in [3.8, 4) is 5.69 Å². The van der Waals surface area contributed by atoms with Crippen LogP contribution in [0, 0.1) is 6.92 Å². The maximum absolute atomic E-state index is 12.3. The first kappa shape index (κ1) is 16.7. The summed E-state index contributed by atoms with van der Waals surface area (Å²) < 4.78 is 3.52. The van der Waals surface area contributed by atoms with E-state index in [1.807, 2.05) is 48.0 Å². The van der Waals surface area contributed by atoms with Gasteiger partial charge in [-0.05, 0) is 31.5 Å². The number of para-hydroxylation sites is 1. The van der Waals surface area contributed by atoms with E-state index in [0.29, 0.717) is 12.1 Å². The average Bonchev–Trinajstić information content (AvgIpc) is 3.04. The van der Waals surface area contributed by atoms with Crippen LogP contribution in [0.25, 0.3) is 5.69 Å². The number of hydrogen-bond acceptors (Lipinski definition) is 3. The van der Waals surface area contributed by atoms with E-state index in [2.05, 4.69) is 10.3 Å². The zero-order chi connectivity index (χ0) is 17.6. The Morgan fingerprint density at radius 1 is 1.16 bits per heavy atom. The van der Waals surface area contributed by atoms with Crippen LogP contribution >= 0.6 is 0 Å². The molecule has 0 saturated carbocycles. The van der Waals surface area contributed by atoms with Crippen molar-refractivity contribution in [2.24, 2.45) is 0 Å². The highest BCUT2D eigenvalue weighted by molar-refractivity contribution is 5.93. The highest BCUT2D eigenvalue weighted by Gasteiger charge is 2.08. The summed E-state index contributed by atoms with van der Waals surface area (Å²) in [5.41, 5.74) is 1.03. The van der Waals surface area contributed by atoms with Gasteiger partial charge < -0.3 is 9.88 Å². The molecule has 0 aliphatic rings. The van der Waals surface area contributed by atoms with Gasteiger partial charge in [-0.25, -0.2) is 4.98 Å². The van der Waals surface area contributed by atoms with Crippen molar-refractivity contribution in [2.75, 3.05) is 6.54 Å². The molecule has 0 spiro atoms. The zero-order valence-electron chi connectivity index (χ0n) is 14.1. The third-order valence-corrected chi connectivity index (χ3v) is 3.99. The van der Waals surface area contributed by atoms with Crippen molar-refractivity contribution in [2.45, 2.75) is 19.9 Å². The monoisotopic (exact) mass is 336 g/mol. The number of amides is 1. The summed E-state index contributed by atoms with van der Waals surface area (Å²) in [5, 5.41) is 2.89. The maximum atomic E-state index is 12.3. The predicted molar refractivity (Wildman–Crippen MR) is 96.0 cm³/mol. The number of nitrogens with one attached hydrogen (secondary N) is 1. The van der Waals surface area contributed by atoms with Crippen molar-refractivity contribution in [1.82, 2.24) is 19.4 Å². The molecule has 2 heterocycles. The van der Waals surface area contributed by atoms with Crippen LogP contribution in [0.1, 0.15) is 22.6 Å². The molecule has 0 atom stereocenters. The Kier molecular flexibility index (Phi) is 5.09. The molecule has 0 fully saturated rings. The molecular weight excluding hydrogens is 316 g/mol. The summed E-state index contributed by atoms with van der Waals surface area (Å²) in [6.07, 6.45) is 6.07. The molecule has 3 rings (SSSR count). The first-order valence-electron chi connectivity index (χ1n) is 8.19. The van der Waals surface area contributed by atoms with Crippen LogP contribution in [-0.2, 0) is 6.54 Å². The lowest BCUT2D eigenvalue weighted by molar-refractivity contribution is 0.0952. The Morgan fingerprint density at radius 2 is 1.96 bits per heavy atom. The zero-order valence-corrected chi connectivity index (χ0v) is 14.1. The van der Waals surface area contributed by atoms with Gasteiger partial charge in [0.2, 0.25) is 0 Å². The number of aryl methyl sites for hydroxylation is 2. The normalized spacial score (nSPS) is 10.6. The summed E-state index contributed by atoms with van der Waals surface area (Å²) in [6.45, 7) is 3.31. The fraction of sp³-hybridized carbons (Fsp3) is 0.211. The number of nitrogens with zero attached hydrogens (tertiary/aromatic N) is 3. The second kappa shape index (κ2) is 7.61. The second-order valence-corrected chi connectivity index (χ2v) is 5.74. The van der Waals surface area contributed by atoms with Gasteiger partial charge in [0.15, 0.2) is 0 Å². The smallest absolute Gasteiger partial charge is 0.255 e. The van der Waals surface area contributed by atoms with E-state index in [0.717, 1.165) is 24.5 Å². The standard InChI is InChI=1S/C19H20N4O2/c1-15-20-11-13-22(15)12-5-10-21-19(25)16-8-9-18(24)23(14-16)17-6-3-2-4-7-17/h2-4,6-9,11,13-14H,5,10,12H2,1H3,(H,21,25). The average molecular weight is 336 g/mol. The molecule has 0 saturated heterocycles. The molecule has 0 aliphatic heterocycles. The summed E-state index contributed by atoms with van der Waals surface area (Å²) in [6, 6.07) is 12.2. The molecule has 1 aromatic carbocycles. The third kappa shape index (κ3) is 4.03. The molecule has 2 aromatic heterocycles. The minimum atomic E-state index is -0.188. The molecule has 6 heteroatoms. The van der Waals surface area contributed by atoms with Gasteiger partial charge in [-0.2, -0.15) is 0 Å². The highest BCUT2D eigenvalue weighted by Crippen LogP contribution is 2.06. The van der Waals surface area contributed by atoms with Crippen LogP contribution in [0.4, 0.5) is 0 Å². The minimum Gasteiger partial charge on any atom is -0.352 e. The molecule has 1 N–H and O–H groups in total. The largest absolute Gasteiger partial charge is 0.352 e. The molecule has 0 unspecified atom stereocenters. The molecule has 0 bridgehead atoms. The molecule has 0 radical (unpaired) electrons. The van der Waals surface area contributed by atoms with E-state index < -0.39 is 0 Å². The van der Waals surface area contributed by atoms with Crippen molar-refractivity contribution >= 4 is 5.91 Å². The number of aromatic nitrogens is 3. The number of pyridine rings is 1. The summed E-state index contributed by atoms with van der Waals surface area (Å²) in [7, 11) is 0. The van der Waals surface area contributed by atoms with E-state index in [1.54, 1.807) is 18.5 Å². The van der Waals surface area contributed by atoms with Crippen LogP contribution in [0.2, 0.25) is 0 Å². The van der Waals surface area contributed by atoms with Gasteiger partial charge in [0.25, 0.3) is 11.5 Å². The summed E-state index contributed by atoms with van der Waals surface area (Å²) in [4.78, 5) is 28.5. The number of carbonyl (C=O) groups is 1. The lowest BCUT2D eigenvalue weighted by Crippen LogP contribution is -2.27. The van der Waals surface area contributed by atoms with E-state index in [-0.39, 0.29) is 11.5 Å². The van der Waals surface area contributed by atoms with Crippen LogP contribution in [0.5, 0.6) is 0 Å². The van der Waals surface area contributed by atoms with Gasteiger partial charge in [0, 0.05) is 43.4 Å². The first-order chi connectivity index (χ1) is 12.1. The van der Waals surface area contributed by atoms with Gasteiger partial charge in [-0.3, -0.25) is 14.2 Å². The third-order valence-electron chi connectivity index (χ3n) is 3.99. The Labute approximate surface area is 145 Å². The van der Waals surface area contributed by atoms with Crippen molar-refractivity contribution in [3.05, 3.63) is 82.8 Å². The Balaban J connectivity index is 1.62. The Hall–Kier alpha value is -3.15. The number of benzene rings is 1. The fourth-order valence-electron chi connectivity index (χ4n) is 2.61. The van der Waals surface area contributed by atoms with Gasteiger partial charge >= 0.3 is 0 Å². The van der Waals surface area contributed by atoms with Crippen molar-refractivity contribution in [3.63, 3.8) is 0 Å². The van der Waals surface area contributed by atoms with Crippen molar-refractivity contribution < 1.29 is 4.79 Å². The Bertz CT molecular complexity index is 912. The topological polar surface area (TPSA) is 68.9 Å². The number of hydrogen-bond donors (Lipinski definition) is 1. The number of imidazole rings is 1. The van der Waals surface area contributed by atoms with E-state index >= 15 is 0 Å². The van der Waals surface area contributed by atoms with Crippen LogP contribution < -0.4 is 10.9 Å². The molecule has 6 nitrogen and oxygen atoms in total. The van der Waals surface area contributed by atoms with E-state index in [9.17, 15) is 9.59 Å². The minimum absolute atomic E-state index is 0.168. The number of rotatable bonds is 6. The Morgan fingerprint density at radius 3 is 2.68 bits per heavy atom. The molecule has 1 amide bonds. The van der Waals surface area contributed by atoms with Crippen LogP contribution in [0.3, 0.4) is 0 Å². The SMILES string of the molecule is Cc1nccn1CCCNC(=O)c1ccc(=O)n(-c2ccccc2)c1. The van der Waals surface area contributed by atoms with Gasteiger partial charge in [0.05, 0.1) is 5.56 Å². The second-order valence-electron chi connectivity index (χ2n) is 5.74. The molecule has 0 aliphatic carbocycles. The molecule has 25 heavy (non-hydrogen) atoms. The van der Waals surface area contributed by atoms with Crippen LogP contribution in [0.15, 0.2) is 65.8 Å².